The first-order valence-corrected chi connectivity index (χ1v) is 7.64. The topological polar surface area (TPSA) is 74.7 Å². The van der Waals surface area contributed by atoms with Crippen molar-refractivity contribution < 1.29 is 18.3 Å². The summed E-state index contributed by atoms with van der Waals surface area (Å²) in [5.41, 5.74) is 0.290. The molecule has 0 spiro atoms. The average Bonchev–Trinajstić information content (AvgIpc) is 2.58. The van der Waals surface area contributed by atoms with E-state index in [1.807, 2.05) is 22.6 Å². The molecule has 0 saturated carbocycles. The predicted molar refractivity (Wildman–Crippen MR) is 71.9 cm³/mol. The molecular weight excluding hydrogens is 357 g/mol. The van der Waals surface area contributed by atoms with Crippen LogP contribution in [-0.2, 0) is 10.0 Å². The van der Waals surface area contributed by atoms with Gasteiger partial charge in [-0.2, -0.15) is 0 Å². The molecule has 1 N–H and O–H groups in total. The molecule has 1 aromatic carbocycles. The van der Waals surface area contributed by atoms with E-state index in [4.69, 9.17) is 5.11 Å². The van der Waals surface area contributed by atoms with Crippen LogP contribution in [0.15, 0.2) is 18.2 Å². The van der Waals surface area contributed by atoms with Crippen LogP contribution in [0.5, 0.6) is 0 Å². The van der Waals surface area contributed by atoms with Gasteiger partial charge in [-0.1, -0.05) is 0 Å². The Hall–Kier alpha value is -0.830. The van der Waals surface area contributed by atoms with Gasteiger partial charge in [-0.15, -0.1) is 0 Å². The molecule has 0 bridgehead atoms. The molecule has 1 heterocycles. The summed E-state index contributed by atoms with van der Waals surface area (Å²) < 4.78 is 25.5. The quantitative estimate of drug-likeness (QED) is 0.805. The maximum Gasteiger partial charge on any atom is 0.337 e. The van der Waals surface area contributed by atoms with Crippen molar-refractivity contribution in [3.63, 3.8) is 0 Å². The Morgan fingerprint density at radius 2 is 2.12 bits per heavy atom. The Morgan fingerprint density at radius 3 is 2.65 bits per heavy atom. The molecule has 0 amide bonds. The van der Waals surface area contributed by atoms with Crippen molar-refractivity contribution in [3.05, 3.63) is 27.3 Å². The van der Waals surface area contributed by atoms with Crippen molar-refractivity contribution >= 4 is 44.3 Å². The summed E-state index contributed by atoms with van der Waals surface area (Å²) >= 11 is 2.00. The zero-order valence-electron chi connectivity index (χ0n) is 8.76. The fraction of sp³-hybridized carbons (Fsp3) is 0.300. The molecule has 0 radical (unpaired) electrons. The fourth-order valence-electron chi connectivity index (χ4n) is 1.81. The minimum absolute atomic E-state index is 0.0300. The van der Waals surface area contributed by atoms with E-state index in [1.54, 1.807) is 12.1 Å². The van der Waals surface area contributed by atoms with Crippen molar-refractivity contribution in [1.82, 2.24) is 0 Å². The van der Waals surface area contributed by atoms with Crippen LogP contribution in [-0.4, -0.2) is 31.8 Å². The van der Waals surface area contributed by atoms with E-state index in [0.29, 0.717) is 13.0 Å². The van der Waals surface area contributed by atoms with Gasteiger partial charge in [0.05, 0.1) is 17.0 Å². The molecule has 0 aromatic heterocycles. The first-order chi connectivity index (χ1) is 7.92. The summed E-state index contributed by atoms with van der Waals surface area (Å²) in [4.78, 5) is 11.1. The number of anilines is 1. The van der Waals surface area contributed by atoms with Gasteiger partial charge >= 0.3 is 5.97 Å². The highest BCUT2D eigenvalue weighted by Crippen LogP contribution is 2.28. The molecule has 2 rings (SSSR count). The van der Waals surface area contributed by atoms with Crippen molar-refractivity contribution in [3.8, 4) is 0 Å². The van der Waals surface area contributed by atoms with E-state index in [1.165, 1.54) is 10.4 Å². The molecule has 1 saturated heterocycles. The lowest BCUT2D eigenvalue weighted by atomic mass is 10.2. The van der Waals surface area contributed by atoms with E-state index < -0.39 is 16.0 Å². The third-order valence-electron chi connectivity index (χ3n) is 2.56. The maximum atomic E-state index is 11.8. The lowest BCUT2D eigenvalue weighted by Gasteiger charge is -2.19. The molecule has 0 aliphatic carbocycles. The second-order valence-electron chi connectivity index (χ2n) is 3.71. The summed E-state index contributed by atoms with van der Waals surface area (Å²) in [6.45, 7) is 0.350. The van der Waals surface area contributed by atoms with Gasteiger partial charge in [0.25, 0.3) is 0 Å². The molecule has 17 heavy (non-hydrogen) atoms. The average molecular weight is 367 g/mol. The summed E-state index contributed by atoms with van der Waals surface area (Å²) in [5.74, 6) is -1.03. The number of carboxylic acids is 1. The standard InChI is InChI=1S/C10H10INO4S/c11-7-2-3-9(8(6-7)10(13)14)12-4-1-5-17(12,15)16/h2-3,6H,1,4-5H2,(H,13,14). The number of sulfonamides is 1. The molecule has 1 aliphatic heterocycles. The zero-order valence-corrected chi connectivity index (χ0v) is 11.7. The van der Waals surface area contributed by atoms with Crippen LogP contribution in [0.25, 0.3) is 0 Å². The van der Waals surface area contributed by atoms with E-state index >= 15 is 0 Å². The lowest BCUT2D eigenvalue weighted by molar-refractivity contribution is 0.0697. The van der Waals surface area contributed by atoms with E-state index in [2.05, 4.69) is 0 Å². The SMILES string of the molecule is O=C(O)c1cc(I)ccc1N1CCCS1(=O)=O. The van der Waals surface area contributed by atoms with Crippen LogP contribution in [0.3, 0.4) is 0 Å². The van der Waals surface area contributed by atoms with Crippen molar-refractivity contribution in [1.29, 1.82) is 0 Å². The highest BCUT2D eigenvalue weighted by atomic mass is 127. The molecule has 1 aromatic rings. The Kier molecular flexibility index (Phi) is 3.30. The van der Waals surface area contributed by atoms with Crippen molar-refractivity contribution in [2.75, 3.05) is 16.6 Å². The molecule has 7 heteroatoms. The summed E-state index contributed by atoms with van der Waals surface area (Å²) in [7, 11) is -3.34. The number of halogens is 1. The van der Waals surface area contributed by atoms with Gasteiger partial charge in [0, 0.05) is 10.1 Å². The van der Waals surface area contributed by atoms with E-state index in [9.17, 15) is 13.2 Å². The fourth-order valence-corrected chi connectivity index (χ4v) is 3.88. The molecule has 0 atom stereocenters. The van der Waals surface area contributed by atoms with Gasteiger partial charge in [-0.3, -0.25) is 4.31 Å². The number of hydrogen-bond acceptors (Lipinski definition) is 3. The van der Waals surface area contributed by atoms with Gasteiger partial charge in [-0.25, -0.2) is 13.2 Å². The van der Waals surface area contributed by atoms with Gasteiger partial charge in [0.15, 0.2) is 0 Å². The summed E-state index contributed by atoms with van der Waals surface area (Å²) in [6, 6.07) is 4.73. The zero-order chi connectivity index (χ0) is 12.6. The molecule has 1 fully saturated rings. The van der Waals surface area contributed by atoms with Crippen molar-refractivity contribution in [2.45, 2.75) is 6.42 Å². The van der Waals surface area contributed by atoms with Crippen LogP contribution in [0.2, 0.25) is 0 Å². The van der Waals surface area contributed by atoms with Gasteiger partial charge in [0.2, 0.25) is 10.0 Å². The lowest BCUT2D eigenvalue weighted by Crippen LogP contribution is -2.27. The Morgan fingerprint density at radius 1 is 1.41 bits per heavy atom. The predicted octanol–water partition coefficient (Wildman–Crippen LogP) is 1.53. The molecule has 5 nitrogen and oxygen atoms in total. The summed E-state index contributed by atoms with van der Waals surface area (Å²) in [5, 5.41) is 9.10. The van der Waals surface area contributed by atoms with Gasteiger partial charge in [0.1, 0.15) is 0 Å². The van der Waals surface area contributed by atoms with Crippen molar-refractivity contribution in [2.24, 2.45) is 0 Å². The van der Waals surface area contributed by atoms with Crippen LogP contribution >= 0.6 is 22.6 Å². The van der Waals surface area contributed by atoms with Crippen LogP contribution < -0.4 is 4.31 Å². The van der Waals surface area contributed by atoms with E-state index in [-0.39, 0.29) is 17.0 Å². The second kappa shape index (κ2) is 4.45. The number of nitrogens with zero attached hydrogens (tertiary/aromatic N) is 1. The Bertz CT molecular complexity index is 570. The summed E-state index contributed by atoms with van der Waals surface area (Å²) in [6.07, 6.45) is 0.535. The number of carbonyl (C=O) groups is 1. The molecule has 92 valence electrons. The highest BCUT2D eigenvalue weighted by Gasteiger charge is 2.31. The number of benzene rings is 1. The van der Waals surface area contributed by atoms with Crippen LogP contribution in [0.4, 0.5) is 5.69 Å². The third kappa shape index (κ3) is 2.39. The number of rotatable bonds is 2. The minimum Gasteiger partial charge on any atom is -0.478 e. The first-order valence-electron chi connectivity index (χ1n) is 4.95. The highest BCUT2D eigenvalue weighted by molar-refractivity contribution is 14.1. The smallest absolute Gasteiger partial charge is 0.337 e. The minimum atomic E-state index is -3.34. The third-order valence-corrected chi connectivity index (χ3v) is 5.08. The number of aromatic carboxylic acids is 1. The van der Waals surface area contributed by atoms with Gasteiger partial charge in [-0.05, 0) is 47.2 Å². The van der Waals surface area contributed by atoms with Crippen LogP contribution in [0.1, 0.15) is 16.8 Å². The Balaban J connectivity index is 2.56. The first kappa shape index (κ1) is 12.6. The molecular formula is C10H10INO4S. The largest absolute Gasteiger partial charge is 0.478 e. The number of hydrogen-bond donors (Lipinski definition) is 1. The normalized spacial score (nSPS) is 18.3. The number of carboxylic acid groups (broad SMARTS) is 1. The maximum absolute atomic E-state index is 11.8. The van der Waals surface area contributed by atoms with Crippen LogP contribution in [0, 0.1) is 3.57 Å². The Labute approximate surface area is 113 Å². The van der Waals surface area contributed by atoms with Gasteiger partial charge < -0.3 is 5.11 Å². The second-order valence-corrected chi connectivity index (χ2v) is 6.97. The molecule has 1 aliphatic rings. The van der Waals surface area contributed by atoms with E-state index in [0.717, 1.165) is 3.57 Å². The monoisotopic (exact) mass is 367 g/mol. The molecule has 0 unspecified atom stereocenters.